The van der Waals surface area contributed by atoms with Gasteiger partial charge in [-0.25, -0.2) is 0 Å². The second-order valence-corrected chi connectivity index (χ2v) is 3.48. The van der Waals surface area contributed by atoms with Crippen LogP contribution >= 0.6 is 0 Å². The van der Waals surface area contributed by atoms with E-state index < -0.39 is 11.1 Å². The Morgan fingerprint density at radius 2 is 2.06 bits per heavy atom. The summed E-state index contributed by atoms with van der Waals surface area (Å²) < 4.78 is 7.90. The van der Waals surface area contributed by atoms with E-state index in [0.29, 0.717) is 19.7 Å². The summed E-state index contributed by atoms with van der Waals surface area (Å²) in [6.07, 6.45) is 2.86. The predicted molar refractivity (Wildman–Crippen MR) is 60.4 cm³/mol. The molecule has 1 atom stereocenters. The Morgan fingerprint density at radius 1 is 1.38 bits per heavy atom. The van der Waals surface area contributed by atoms with Crippen LogP contribution in [0.15, 0.2) is 22.0 Å². The molecule has 0 aromatic carbocycles. The van der Waals surface area contributed by atoms with Gasteiger partial charge in [0.05, 0.1) is 12.6 Å². The molecule has 90 valence electrons. The lowest BCUT2D eigenvalue weighted by Gasteiger charge is -2.16. The highest BCUT2D eigenvalue weighted by Crippen LogP contribution is 1.93. The highest BCUT2D eigenvalue weighted by molar-refractivity contribution is 4.85. The van der Waals surface area contributed by atoms with E-state index in [1.165, 1.54) is 16.2 Å². The van der Waals surface area contributed by atoms with Gasteiger partial charge >= 0.3 is 11.1 Å². The standard InChI is InChI=1S/C10H17N3O3/c1-3-16-8(6-11)7-13-5-4-12(2)9(14)10(13)15/h4-5,8H,3,6-7,11H2,1-2H3. The van der Waals surface area contributed by atoms with Gasteiger partial charge in [-0.05, 0) is 6.92 Å². The van der Waals surface area contributed by atoms with Crippen molar-refractivity contribution in [2.45, 2.75) is 19.6 Å². The van der Waals surface area contributed by atoms with E-state index in [0.717, 1.165) is 0 Å². The number of aromatic nitrogens is 2. The minimum atomic E-state index is -0.553. The zero-order valence-electron chi connectivity index (χ0n) is 9.55. The van der Waals surface area contributed by atoms with Crippen LogP contribution < -0.4 is 16.9 Å². The lowest BCUT2D eigenvalue weighted by atomic mass is 10.3. The third-order valence-corrected chi connectivity index (χ3v) is 2.30. The normalized spacial score (nSPS) is 12.7. The third-order valence-electron chi connectivity index (χ3n) is 2.30. The lowest BCUT2D eigenvalue weighted by molar-refractivity contribution is 0.0558. The van der Waals surface area contributed by atoms with Gasteiger partial charge < -0.3 is 19.6 Å². The maximum absolute atomic E-state index is 11.6. The fraction of sp³-hybridized carbons (Fsp3) is 0.600. The molecule has 0 saturated carbocycles. The Morgan fingerprint density at radius 3 is 2.62 bits per heavy atom. The Kier molecular flexibility index (Phi) is 4.45. The summed E-state index contributed by atoms with van der Waals surface area (Å²) in [5.41, 5.74) is 4.40. The van der Waals surface area contributed by atoms with Gasteiger partial charge in [-0.15, -0.1) is 0 Å². The smallest absolute Gasteiger partial charge is 0.316 e. The molecule has 0 radical (unpaired) electrons. The molecule has 16 heavy (non-hydrogen) atoms. The van der Waals surface area contributed by atoms with E-state index >= 15 is 0 Å². The SMILES string of the molecule is CCOC(CN)Cn1ccn(C)c(=O)c1=O. The molecule has 6 nitrogen and oxygen atoms in total. The quantitative estimate of drug-likeness (QED) is 0.648. The van der Waals surface area contributed by atoms with Gasteiger partial charge in [0.15, 0.2) is 0 Å². The molecule has 0 saturated heterocycles. The van der Waals surface area contributed by atoms with Crippen LogP contribution in [0, 0.1) is 0 Å². The van der Waals surface area contributed by atoms with Crippen LogP contribution in [0.25, 0.3) is 0 Å². The first kappa shape index (κ1) is 12.7. The number of rotatable bonds is 5. The number of aryl methyl sites for hydroxylation is 1. The molecule has 0 aliphatic heterocycles. The van der Waals surface area contributed by atoms with Crippen LogP contribution in [0.4, 0.5) is 0 Å². The summed E-state index contributed by atoms with van der Waals surface area (Å²) >= 11 is 0. The zero-order valence-corrected chi connectivity index (χ0v) is 9.55. The second-order valence-electron chi connectivity index (χ2n) is 3.48. The monoisotopic (exact) mass is 227 g/mol. The molecule has 1 unspecified atom stereocenters. The van der Waals surface area contributed by atoms with Gasteiger partial charge in [0.1, 0.15) is 0 Å². The molecule has 1 rings (SSSR count). The van der Waals surface area contributed by atoms with E-state index in [1.807, 2.05) is 6.92 Å². The van der Waals surface area contributed by atoms with E-state index in [1.54, 1.807) is 12.4 Å². The summed E-state index contributed by atoms with van der Waals surface area (Å²) in [7, 11) is 1.54. The highest BCUT2D eigenvalue weighted by Gasteiger charge is 2.09. The molecule has 0 spiro atoms. The summed E-state index contributed by atoms with van der Waals surface area (Å²) in [6.45, 7) is 3.01. The molecule has 0 fully saturated rings. The fourth-order valence-electron chi connectivity index (χ4n) is 1.38. The molecule has 6 heteroatoms. The van der Waals surface area contributed by atoms with Crippen molar-refractivity contribution in [3.8, 4) is 0 Å². The molecule has 1 aromatic rings. The first-order valence-corrected chi connectivity index (χ1v) is 5.17. The van der Waals surface area contributed by atoms with Crippen molar-refractivity contribution in [3.63, 3.8) is 0 Å². The largest absolute Gasteiger partial charge is 0.375 e. The molecular weight excluding hydrogens is 210 g/mol. The first-order valence-electron chi connectivity index (χ1n) is 5.17. The van der Waals surface area contributed by atoms with Gasteiger partial charge in [0, 0.05) is 32.6 Å². The third kappa shape index (κ3) is 2.80. The Hall–Kier alpha value is -1.40. The van der Waals surface area contributed by atoms with Crippen molar-refractivity contribution >= 4 is 0 Å². The summed E-state index contributed by atoms with van der Waals surface area (Å²) in [5.74, 6) is 0. The van der Waals surface area contributed by atoms with Crippen LogP contribution in [0.2, 0.25) is 0 Å². The van der Waals surface area contributed by atoms with Crippen LogP contribution in [0.1, 0.15) is 6.92 Å². The number of hydrogen-bond acceptors (Lipinski definition) is 4. The predicted octanol–water partition coefficient (Wildman–Crippen LogP) is -1.09. The molecule has 1 heterocycles. The van der Waals surface area contributed by atoms with E-state index in [4.69, 9.17) is 10.5 Å². The van der Waals surface area contributed by atoms with E-state index in [2.05, 4.69) is 0 Å². The summed E-state index contributed by atoms with van der Waals surface area (Å²) in [6, 6.07) is 0. The summed E-state index contributed by atoms with van der Waals surface area (Å²) in [5, 5.41) is 0. The van der Waals surface area contributed by atoms with Gasteiger partial charge in [0.25, 0.3) is 0 Å². The Labute approximate surface area is 93.3 Å². The van der Waals surface area contributed by atoms with Crippen molar-refractivity contribution in [3.05, 3.63) is 33.1 Å². The van der Waals surface area contributed by atoms with Gasteiger partial charge in [-0.1, -0.05) is 0 Å². The molecule has 1 aromatic heterocycles. The minimum Gasteiger partial charge on any atom is -0.375 e. The van der Waals surface area contributed by atoms with Crippen LogP contribution in [0.3, 0.4) is 0 Å². The lowest BCUT2D eigenvalue weighted by Crippen LogP contribution is -2.42. The number of nitrogens with two attached hydrogens (primary N) is 1. The van der Waals surface area contributed by atoms with Gasteiger partial charge in [-0.2, -0.15) is 0 Å². The number of ether oxygens (including phenoxy) is 1. The number of nitrogens with zero attached hydrogens (tertiary/aromatic N) is 2. The van der Waals surface area contributed by atoms with Gasteiger partial charge in [-0.3, -0.25) is 9.59 Å². The van der Waals surface area contributed by atoms with Gasteiger partial charge in [0.2, 0.25) is 0 Å². The molecule has 0 amide bonds. The molecular formula is C10H17N3O3. The average Bonchev–Trinajstić information content (AvgIpc) is 2.29. The molecule has 2 N–H and O–H groups in total. The van der Waals surface area contributed by atoms with Crippen molar-refractivity contribution < 1.29 is 4.74 Å². The van der Waals surface area contributed by atoms with E-state index in [-0.39, 0.29) is 6.10 Å². The van der Waals surface area contributed by atoms with Crippen LogP contribution in [-0.2, 0) is 18.3 Å². The fourth-order valence-corrected chi connectivity index (χ4v) is 1.38. The maximum atomic E-state index is 11.6. The highest BCUT2D eigenvalue weighted by atomic mass is 16.5. The topological polar surface area (TPSA) is 79.2 Å². The van der Waals surface area contributed by atoms with Crippen LogP contribution in [0.5, 0.6) is 0 Å². The number of hydrogen-bond donors (Lipinski definition) is 1. The summed E-state index contributed by atoms with van der Waals surface area (Å²) in [4.78, 5) is 23.0. The van der Waals surface area contributed by atoms with Crippen molar-refractivity contribution in [2.24, 2.45) is 12.8 Å². The zero-order chi connectivity index (χ0) is 12.1. The van der Waals surface area contributed by atoms with Crippen molar-refractivity contribution in [2.75, 3.05) is 13.2 Å². The second kappa shape index (κ2) is 5.62. The van der Waals surface area contributed by atoms with E-state index in [9.17, 15) is 9.59 Å². The maximum Gasteiger partial charge on any atom is 0.316 e. The van der Waals surface area contributed by atoms with Crippen molar-refractivity contribution in [1.82, 2.24) is 9.13 Å². The molecule has 0 bridgehead atoms. The van der Waals surface area contributed by atoms with Crippen molar-refractivity contribution in [1.29, 1.82) is 0 Å². The molecule has 0 aliphatic rings. The Bertz CT molecular complexity index is 449. The molecule has 0 aliphatic carbocycles. The average molecular weight is 227 g/mol. The van der Waals surface area contributed by atoms with Crippen LogP contribution in [-0.4, -0.2) is 28.4 Å². The minimum absolute atomic E-state index is 0.241. The Balaban J connectivity index is 2.93. The first-order chi connectivity index (χ1) is 7.60.